The smallest absolute Gasteiger partial charge is 0.341 e. The van der Waals surface area contributed by atoms with Gasteiger partial charge in [-0.15, -0.1) is 0 Å². The molecular formula is C22H25NO6. The van der Waals surface area contributed by atoms with Crippen molar-refractivity contribution in [3.63, 3.8) is 0 Å². The number of ether oxygens (including phenoxy) is 3. The van der Waals surface area contributed by atoms with Gasteiger partial charge in [-0.3, -0.25) is 4.79 Å². The number of fused-ring (bicyclic) bond motifs is 3. The number of carboxylic acid groups (broad SMARTS) is 1. The zero-order valence-electron chi connectivity index (χ0n) is 16.8. The molecular weight excluding hydrogens is 374 g/mol. The second kappa shape index (κ2) is 7.55. The molecule has 0 spiro atoms. The fraction of sp³-hybridized carbons (Fsp3) is 0.455. The lowest BCUT2D eigenvalue weighted by Crippen LogP contribution is -2.28. The van der Waals surface area contributed by atoms with Crippen LogP contribution in [0.2, 0.25) is 0 Å². The molecule has 154 valence electrons. The van der Waals surface area contributed by atoms with E-state index in [1.807, 2.05) is 16.7 Å². The van der Waals surface area contributed by atoms with Crippen LogP contribution < -0.4 is 14.9 Å². The molecule has 0 bridgehead atoms. The maximum atomic E-state index is 12.4. The minimum atomic E-state index is -1.21. The lowest BCUT2D eigenvalue weighted by molar-refractivity contribution is 0.0694. The van der Waals surface area contributed by atoms with Gasteiger partial charge in [-0.05, 0) is 30.0 Å². The summed E-state index contributed by atoms with van der Waals surface area (Å²) in [5.74, 6) is 0.293. The van der Waals surface area contributed by atoms with Gasteiger partial charge in [0, 0.05) is 30.3 Å². The highest BCUT2D eigenvalue weighted by atomic mass is 16.6. The maximum absolute atomic E-state index is 12.4. The van der Waals surface area contributed by atoms with Crippen LogP contribution in [0.5, 0.6) is 11.5 Å². The highest BCUT2D eigenvalue weighted by Gasteiger charge is 2.30. The maximum Gasteiger partial charge on any atom is 0.341 e. The quantitative estimate of drug-likeness (QED) is 0.831. The first-order valence-electron chi connectivity index (χ1n) is 9.84. The van der Waals surface area contributed by atoms with E-state index in [9.17, 15) is 14.7 Å². The first-order chi connectivity index (χ1) is 13.9. The van der Waals surface area contributed by atoms with Crippen LogP contribution in [0, 0.1) is 5.92 Å². The first kappa shape index (κ1) is 19.5. The molecule has 4 rings (SSSR count). The van der Waals surface area contributed by atoms with E-state index in [-0.39, 0.29) is 23.6 Å². The number of hydrogen-bond acceptors (Lipinski definition) is 5. The van der Waals surface area contributed by atoms with Gasteiger partial charge in [0.05, 0.1) is 26.0 Å². The average Bonchev–Trinajstić information content (AvgIpc) is 3.19. The summed E-state index contributed by atoms with van der Waals surface area (Å²) in [6, 6.07) is 5.32. The van der Waals surface area contributed by atoms with Gasteiger partial charge in [0.1, 0.15) is 11.7 Å². The topological polar surface area (TPSA) is 87.0 Å². The number of carbonyl (C=O) groups is 1. The molecule has 29 heavy (non-hydrogen) atoms. The van der Waals surface area contributed by atoms with Crippen molar-refractivity contribution in [3.8, 4) is 22.8 Å². The number of aromatic carboxylic acids is 1. The van der Waals surface area contributed by atoms with E-state index in [1.54, 1.807) is 7.11 Å². The molecule has 2 aliphatic heterocycles. The summed E-state index contributed by atoms with van der Waals surface area (Å²) in [5, 5.41) is 9.38. The number of pyridine rings is 1. The van der Waals surface area contributed by atoms with Crippen LogP contribution >= 0.6 is 0 Å². The molecule has 0 amide bonds. The zero-order valence-corrected chi connectivity index (χ0v) is 16.8. The van der Waals surface area contributed by atoms with Crippen molar-refractivity contribution >= 4 is 5.97 Å². The SMILES string of the molecule is COc1cc2c(cc1O[C@H]1CCOC1)C[C@@H](C(C)C)n1cc(C(=O)O)c(=O)cc1-2. The van der Waals surface area contributed by atoms with Gasteiger partial charge in [-0.2, -0.15) is 0 Å². The van der Waals surface area contributed by atoms with Crippen molar-refractivity contribution in [2.24, 2.45) is 5.92 Å². The van der Waals surface area contributed by atoms with Crippen molar-refractivity contribution in [1.29, 1.82) is 0 Å². The van der Waals surface area contributed by atoms with Crippen molar-refractivity contribution in [1.82, 2.24) is 4.57 Å². The summed E-state index contributed by atoms with van der Waals surface area (Å²) in [5.41, 5.74) is 1.91. The molecule has 0 aliphatic carbocycles. The Morgan fingerprint density at radius 1 is 1.28 bits per heavy atom. The van der Waals surface area contributed by atoms with Crippen LogP contribution in [-0.2, 0) is 11.2 Å². The van der Waals surface area contributed by atoms with Crippen molar-refractivity contribution < 1.29 is 24.1 Å². The van der Waals surface area contributed by atoms with E-state index in [2.05, 4.69) is 13.8 Å². The number of aromatic nitrogens is 1. The highest BCUT2D eigenvalue weighted by Crippen LogP contribution is 2.43. The third-order valence-corrected chi connectivity index (χ3v) is 5.71. The number of rotatable bonds is 5. The van der Waals surface area contributed by atoms with Crippen molar-refractivity contribution in [2.75, 3.05) is 20.3 Å². The van der Waals surface area contributed by atoms with Gasteiger partial charge >= 0.3 is 5.97 Å². The predicted octanol–water partition coefficient (Wildman–Crippen LogP) is 3.14. The van der Waals surface area contributed by atoms with E-state index in [1.165, 1.54) is 12.3 Å². The standard InChI is InChI=1S/C22H25NO6/c1-12(2)17-6-13-7-21(29-14-4-5-28-11-14)20(27-3)8-15(13)18-9-19(24)16(22(25)26)10-23(17)18/h7-10,12,14,17H,4-6,11H2,1-3H3,(H,25,26)/t14-,17-/m0/s1. The van der Waals surface area contributed by atoms with E-state index in [0.29, 0.717) is 36.8 Å². The Balaban J connectivity index is 1.86. The summed E-state index contributed by atoms with van der Waals surface area (Å²) >= 11 is 0. The van der Waals surface area contributed by atoms with Crippen LogP contribution in [0.3, 0.4) is 0 Å². The lowest BCUT2D eigenvalue weighted by atomic mass is 9.87. The number of methoxy groups -OCH3 is 1. The van der Waals surface area contributed by atoms with Crippen molar-refractivity contribution in [3.05, 3.63) is 45.7 Å². The van der Waals surface area contributed by atoms with Crippen LogP contribution in [0.25, 0.3) is 11.3 Å². The van der Waals surface area contributed by atoms with Crippen LogP contribution in [0.4, 0.5) is 0 Å². The van der Waals surface area contributed by atoms with E-state index in [0.717, 1.165) is 17.5 Å². The molecule has 1 fully saturated rings. The Kier molecular flexibility index (Phi) is 5.08. The summed E-state index contributed by atoms with van der Waals surface area (Å²) in [4.78, 5) is 23.9. The predicted molar refractivity (Wildman–Crippen MR) is 107 cm³/mol. The Morgan fingerprint density at radius 3 is 2.69 bits per heavy atom. The van der Waals surface area contributed by atoms with Gasteiger partial charge in [0.25, 0.3) is 0 Å². The normalized spacial score (nSPS) is 20.3. The van der Waals surface area contributed by atoms with E-state index < -0.39 is 11.4 Å². The lowest BCUT2D eigenvalue weighted by Gasteiger charge is -2.34. The number of hydrogen-bond donors (Lipinski definition) is 1. The van der Waals surface area contributed by atoms with Gasteiger partial charge < -0.3 is 23.9 Å². The Labute approximate surface area is 168 Å². The summed E-state index contributed by atoms with van der Waals surface area (Å²) in [6.07, 6.45) is 3.02. The molecule has 2 aliphatic rings. The molecule has 0 radical (unpaired) electrons. The molecule has 3 heterocycles. The molecule has 0 unspecified atom stereocenters. The summed E-state index contributed by atoms with van der Waals surface area (Å²) in [6.45, 7) is 5.43. The van der Waals surface area contributed by atoms with Crippen LogP contribution in [-0.4, -0.2) is 42.1 Å². The van der Waals surface area contributed by atoms with Gasteiger partial charge in [0.15, 0.2) is 16.9 Å². The molecule has 0 saturated carbocycles. The molecule has 7 nitrogen and oxygen atoms in total. The molecule has 1 aromatic heterocycles. The minimum absolute atomic E-state index is 0.000494. The largest absolute Gasteiger partial charge is 0.493 e. The van der Waals surface area contributed by atoms with Crippen LogP contribution in [0.15, 0.2) is 29.2 Å². The van der Waals surface area contributed by atoms with E-state index in [4.69, 9.17) is 14.2 Å². The average molecular weight is 399 g/mol. The van der Waals surface area contributed by atoms with Gasteiger partial charge in [-0.1, -0.05) is 13.8 Å². The molecule has 2 aromatic rings. The molecule has 7 heteroatoms. The molecule has 1 N–H and O–H groups in total. The Hall–Kier alpha value is -2.80. The fourth-order valence-electron chi connectivity index (χ4n) is 4.13. The van der Waals surface area contributed by atoms with Crippen molar-refractivity contribution in [2.45, 2.75) is 38.8 Å². The highest BCUT2D eigenvalue weighted by molar-refractivity contribution is 5.87. The Bertz CT molecular complexity index is 1000. The summed E-state index contributed by atoms with van der Waals surface area (Å²) in [7, 11) is 1.58. The van der Waals surface area contributed by atoms with Crippen LogP contribution in [0.1, 0.15) is 42.2 Å². The summed E-state index contributed by atoms with van der Waals surface area (Å²) < 4.78 is 19.0. The second-order valence-electron chi connectivity index (χ2n) is 7.93. The zero-order chi connectivity index (χ0) is 20.7. The Morgan fingerprint density at radius 2 is 2.07 bits per heavy atom. The second-order valence-corrected chi connectivity index (χ2v) is 7.93. The third-order valence-electron chi connectivity index (χ3n) is 5.71. The minimum Gasteiger partial charge on any atom is -0.493 e. The molecule has 1 saturated heterocycles. The van der Waals surface area contributed by atoms with E-state index >= 15 is 0 Å². The molecule has 2 atom stereocenters. The number of benzene rings is 1. The first-order valence-corrected chi connectivity index (χ1v) is 9.84. The molecule has 1 aromatic carbocycles. The number of nitrogens with zero attached hydrogens (tertiary/aromatic N) is 1. The van der Waals surface area contributed by atoms with Gasteiger partial charge in [0.2, 0.25) is 0 Å². The number of carboxylic acids is 1. The third kappa shape index (κ3) is 3.51. The monoisotopic (exact) mass is 399 g/mol. The fourth-order valence-corrected chi connectivity index (χ4v) is 4.13. The van der Waals surface area contributed by atoms with Gasteiger partial charge in [-0.25, -0.2) is 4.79 Å².